The first-order valence-electron chi connectivity index (χ1n) is 28.4. The van der Waals surface area contributed by atoms with Gasteiger partial charge < -0.3 is 45.1 Å². The van der Waals surface area contributed by atoms with Gasteiger partial charge in [-0.1, -0.05) is 120 Å². The van der Waals surface area contributed by atoms with E-state index in [1.165, 1.54) is 18.2 Å². The number of amides is 4. The molecule has 2 aliphatic rings. The van der Waals surface area contributed by atoms with Crippen molar-refractivity contribution in [2.75, 3.05) is 65.4 Å². The maximum Gasteiger partial charge on any atom is 0.246 e. The third kappa shape index (κ3) is 17.4. The van der Waals surface area contributed by atoms with Crippen LogP contribution in [0.5, 0.6) is 17.2 Å². The van der Waals surface area contributed by atoms with Crippen molar-refractivity contribution in [2.24, 2.45) is 5.41 Å². The van der Waals surface area contributed by atoms with E-state index in [9.17, 15) is 29.5 Å². The number of nitrogens with one attached hydrogen (secondary N) is 3. The van der Waals surface area contributed by atoms with E-state index in [1.54, 1.807) is 42.7 Å². The van der Waals surface area contributed by atoms with E-state index in [4.69, 9.17) is 37.4 Å². The van der Waals surface area contributed by atoms with Crippen LogP contribution >= 0.6 is 34.5 Å². The number of anilines is 2. The molecule has 20 heteroatoms. The van der Waals surface area contributed by atoms with Crippen LogP contribution in [0.1, 0.15) is 127 Å². The summed E-state index contributed by atoms with van der Waals surface area (Å²) in [5, 5.41) is 31.1. The first kappa shape index (κ1) is 62.4. The second-order valence-electron chi connectivity index (χ2n) is 22.2. The normalized spacial score (nSPS) is 16.0. The summed E-state index contributed by atoms with van der Waals surface area (Å²) >= 11 is 14.3. The number of halogens is 2. The molecule has 0 radical (unpaired) electrons. The number of aliphatic hydroxyl groups is 1. The minimum atomic E-state index is -0.848. The van der Waals surface area contributed by atoms with Gasteiger partial charge in [0.05, 0.1) is 75.5 Å². The van der Waals surface area contributed by atoms with Gasteiger partial charge >= 0.3 is 0 Å². The average Bonchev–Trinajstić information content (AvgIpc) is 4.10. The third-order valence-corrected chi connectivity index (χ3v) is 16.7. The molecular weight excluding hydrogens is 1090 g/mol. The molecule has 81 heavy (non-hydrogen) atoms. The van der Waals surface area contributed by atoms with Crippen molar-refractivity contribution in [1.29, 1.82) is 5.26 Å². The zero-order valence-electron chi connectivity index (χ0n) is 47.7. The number of methoxy groups -OCH3 is 2. The molecule has 4 amide bonds. The van der Waals surface area contributed by atoms with Gasteiger partial charge in [-0.25, -0.2) is 4.98 Å². The Morgan fingerprint density at radius 1 is 0.840 bits per heavy atom. The number of aliphatic hydroxyl groups excluding tert-OH is 1. The summed E-state index contributed by atoms with van der Waals surface area (Å²) in [6.07, 6.45) is 12.8. The number of thiazole rings is 1. The number of rotatable bonds is 28. The van der Waals surface area contributed by atoms with Crippen LogP contribution in [0, 0.1) is 23.7 Å². The summed E-state index contributed by atoms with van der Waals surface area (Å²) < 4.78 is 17.3. The van der Waals surface area contributed by atoms with Crippen molar-refractivity contribution >= 4 is 80.4 Å². The van der Waals surface area contributed by atoms with Gasteiger partial charge in [-0.05, 0) is 54.9 Å². The van der Waals surface area contributed by atoms with Crippen LogP contribution in [0.2, 0.25) is 10.0 Å². The van der Waals surface area contributed by atoms with E-state index in [2.05, 4.69) is 36.9 Å². The van der Waals surface area contributed by atoms with Crippen LogP contribution in [0.3, 0.4) is 0 Å². The van der Waals surface area contributed by atoms with Gasteiger partial charge in [-0.2, -0.15) is 5.26 Å². The second kappa shape index (κ2) is 30.2. The molecule has 2 aromatic heterocycles. The molecule has 0 bridgehead atoms. The zero-order valence-corrected chi connectivity index (χ0v) is 50.0. The maximum absolute atomic E-state index is 14.0. The fourth-order valence-electron chi connectivity index (χ4n) is 10.4. The molecule has 0 aliphatic carbocycles. The summed E-state index contributed by atoms with van der Waals surface area (Å²) in [4.78, 5) is 69.6. The fourth-order valence-corrected chi connectivity index (χ4v) is 11.8. The number of aromatic nitrogens is 2. The molecule has 17 nitrogen and oxygen atoms in total. The molecule has 2 aliphatic heterocycles. The SMILES string of the molecule is COc1cc(Nc2c(C#N)cnc3cc(OCCCN4CCN(C(=O)CCCCCCCCCCCCC(=O)N[C@H](C(=O)N5C[C@H](O)C[C@H]5C(=O)NCc5ccc(-c6scnc6C)cc5)C(C)(C)C)CC4)c(OC)cc23)c(Cl)cc1Cl. The third-order valence-electron chi connectivity index (χ3n) is 15.1. The smallest absolute Gasteiger partial charge is 0.246 e. The number of carbonyl (C=O) groups excluding carboxylic acids is 4. The van der Waals surface area contributed by atoms with Crippen LogP contribution in [-0.2, 0) is 25.7 Å². The van der Waals surface area contributed by atoms with E-state index in [0.29, 0.717) is 74.6 Å². The molecule has 4 heterocycles. The van der Waals surface area contributed by atoms with E-state index >= 15 is 0 Å². The fraction of sp³-hybridized carbons (Fsp3) is 0.525. The predicted octanol–water partition coefficient (Wildman–Crippen LogP) is 11.0. The molecule has 0 spiro atoms. The molecule has 0 unspecified atom stereocenters. The second-order valence-corrected chi connectivity index (χ2v) is 23.8. The molecule has 436 valence electrons. The number of carbonyl (C=O) groups is 4. The number of β-amino-alcohol motifs (C(OH)–C–C–N with tert-alkyl or cyclic N) is 1. The highest BCUT2D eigenvalue weighted by Crippen LogP contribution is 2.41. The summed E-state index contributed by atoms with van der Waals surface area (Å²) in [5.74, 6) is 0.837. The number of likely N-dealkylation sites (tertiary alicyclic amines) is 1. The van der Waals surface area contributed by atoms with E-state index in [0.717, 1.165) is 125 Å². The zero-order chi connectivity index (χ0) is 58.1. The van der Waals surface area contributed by atoms with E-state index < -0.39 is 23.6 Å². The summed E-state index contributed by atoms with van der Waals surface area (Å²) in [6.45, 7) is 12.4. The highest BCUT2D eigenvalue weighted by molar-refractivity contribution is 7.13. The number of fused-ring (bicyclic) bond motifs is 1. The Balaban J connectivity index is 0.716. The van der Waals surface area contributed by atoms with Gasteiger partial charge in [-0.15, -0.1) is 11.3 Å². The van der Waals surface area contributed by atoms with Crippen molar-refractivity contribution in [3.63, 3.8) is 0 Å². The monoisotopic (exact) mass is 1170 g/mol. The lowest BCUT2D eigenvalue weighted by atomic mass is 9.85. The Labute approximate surface area is 491 Å². The van der Waals surface area contributed by atoms with Gasteiger partial charge in [0.1, 0.15) is 23.9 Å². The van der Waals surface area contributed by atoms with Crippen molar-refractivity contribution < 1.29 is 38.5 Å². The molecule has 4 N–H and O–H groups in total. The minimum Gasteiger partial charge on any atom is -0.495 e. The van der Waals surface area contributed by atoms with Gasteiger partial charge in [0.2, 0.25) is 23.6 Å². The lowest BCUT2D eigenvalue weighted by Gasteiger charge is -2.35. The first-order chi connectivity index (χ1) is 39.0. The Kier molecular flexibility index (Phi) is 23.2. The highest BCUT2D eigenvalue weighted by Gasteiger charge is 2.44. The molecule has 2 fully saturated rings. The van der Waals surface area contributed by atoms with Gasteiger partial charge in [-0.3, -0.25) is 29.1 Å². The van der Waals surface area contributed by atoms with Crippen LogP contribution in [-0.4, -0.2) is 132 Å². The lowest BCUT2D eigenvalue weighted by molar-refractivity contribution is -0.144. The van der Waals surface area contributed by atoms with Crippen LogP contribution in [0.25, 0.3) is 21.3 Å². The first-order valence-corrected chi connectivity index (χ1v) is 30.0. The number of hydrogen-bond donors (Lipinski definition) is 4. The molecule has 5 aromatic rings. The quantitative estimate of drug-likeness (QED) is 0.0344. The number of hydrogen-bond acceptors (Lipinski definition) is 14. The number of nitriles is 1. The number of nitrogens with zero attached hydrogens (tertiary/aromatic N) is 6. The topological polar surface area (TPSA) is 212 Å². The van der Waals surface area contributed by atoms with Crippen LogP contribution in [0.4, 0.5) is 11.4 Å². The molecule has 7 rings (SSSR count). The lowest BCUT2D eigenvalue weighted by Crippen LogP contribution is -2.57. The predicted molar refractivity (Wildman–Crippen MR) is 319 cm³/mol. The summed E-state index contributed by atoms with van der Waals surface area (Å²) in [5.41, 5.74) is 6.11. The van der Waals surface area contributed by atoms with E-state index in [1.807, 2.05) is 62.4 Å². The van der Waals surface area contributed by atoms with Crippen molar-refractivity contribution in [2.45, 2.75) is 142 Å². The number of ether oxygens (including phenoxy) is 3. The average molecular weight is 1170 g/mol. The maximum atomic E-state index is 14.0. The van der Waals surface area contributed by atoms with Gasteiger partial charge in [0.15, 0.2) is 11.5 Å². The van der Waals surface area contributed by atoms with Crippen molar-refractivity contribution in [1.82, 2.24) is 35.3 Å². The van der Waals surface area contributed by atoms with Crippen LogP contribution < -0.4 is 30.2 Å². The molecular formula is C61H79Cl2N9O8S. The summed E-state index contributed by atoms with van der Waals surface area (Å²) in [7, 11) is 3.08. The Bertz CT molecular complexity index is 2970. The Morgan fingerprint density at radius 2 is 1.51 bits per heavy atom. The molecule has 3 aromatic carbocycles. The highest BCUT2D eigenvalue weighted by atomic mass is 35.5. The van der Waals surface area contributed by atoms with Crippen molar-refractivity contribution in [3.05, 3.63) is 87.1 Å². The van der Waals surface area contributed by atoms with Gasteiger partial charge in [0, 0.05) is 88.8 Å². The number of pyridine rings is 1. The number of piperazine rings is 1. The van der Waals surface area contributed by atoms with Crippen LogP contribution in [0.15, 0.2) is 60.2 Å². The number of benzene rings is 3. The summed E-state index contributed by atoms with van der Waals surface area (Å²) in [6, 6.07) is 15.3. The largest absolute Gasteiger partial charge is 0.495 e. The Hall–Kier alpha value is -6.23. The Morgan fingerprint density at radius 3 is 2.14 bits per heavy atom. The number of aryl methyl sites for hydroxylation is 1. The van der Waals surface area contributed by atoms with Gasteiger partial charge in [0.25, 0.3) is 0 Å². The van der Waals surface area contributed by atoms with Crippen molar-refractivity contribution in [3.8, 4) is 33.8 Å². The molecule has 3 atom stereocenters. The minimum absolute atomic E-state index is 0.0331. The standard InChI is InChI=1S/C61H79Cl2N9O8S/c1-40-57(81-39-67-40)42-22-20-41(21-23-42)36-66-59(76)50-30-44(73)38-72(50)60(77)58(61(2,3)4)69-54(74)18-15-13-11-9-7-8-10-12-14-16-19-55(75)71-27-25-70(26-28-71)24-17-29-80-53-33-48-45(31-52(53)79-6)56(43(35-64)37-65-48)68-49-34-51(78-5)47(63)32-46(49)62/h20-23,31-34,37,39,44,50,58,73H,7-19,24-30,36,38H2,1-6H3,(H,65,68)(H,66,76)(H,69,74)/t44-,50+,58-/m1/s1. The molecule has 0 saturated carbocycles. The number of unbranched alkanes of at least 4 members (excludes halogenated alkanes) is 9. The van der Waals surface area contributed by atoms with E-state index in [-0.39, 0.29) is 43.1 Å². The molecule has 2 saturated heterocycles.